The smallest absolute Gasteiger partial charge is 0.339 e. The summed E-state index contributed by atoms with van der Waals surface area (Å²) < 4.78 is 66.3. The van der Waals surface area contributed by atoms with Gasteiger partial charge in [0, 0.05) is 23.1 Å². The lowest BCUT2D eigenvalue weighted by atomic mass is 10.2. The number of aryl methyl sites for hydroxylation is 1. The van der Waals surface area contributed by atoms with Crippen molar-refractivity contribution < 1.29 is 26.4 Å². The van der Waals surface area contributed by atoms with E-state index in [-0.39, 0.29) is 27.9 Å². The molecule has 1 aromatic carbocycles. The average molecular weight is 415 g/mol. The molecule has 0 bridgehead atoms. The number of alkyl halides is 3. The maximum atomic E-state index is 12.7. The third kappa shape index (κ3) is 4.74. The van der Waals surface area contributed by atoms with Gasteiger partial charge in [-0.25, -0.2) is 13.1 Å². The number of aromatic nitrogens is 1. The summed E-state index contributed by atoms with van der Waals surface area (Å²) in [7, 11) is -3.68. The minimum absolute atomic E-state index is 0.0137. The van der Waals surface area contributed by atoms with Gasteiger partial charge in [-0.05, 0) is 51.0 Å². The predicted octanol–water partition coefficient (Wildman–Crippen LogP) is 3.36. The van der Waals surface area contributed by atoms with E-state index in [1.165, 1.54) is 44.2 Å². The van der Waals surface area contributed by atoms with Crippen LogP contribution in [0.1, 0.15) is 34.6 Å². The fourth-order valence-corrected chi connectivity index (χ4v) is 4.23. The highest BCUT2D eigenvalue weighted by Crippen LogP contribution is 2.25. The van der Waals surface area contributed by atoms with Crippen LogP contribution in [0.2, 0.25) is 0 Å². The molecule has 0 radical (unpaired) electrons. The maximum Gasteiger partial charge on any atom is 0.406 e. The second-order valence-electron chi connectivity index (χ2n) is 6.86. The third-order valence-corrected chi connectivity index (χ3v) is 5.98. The van der Waals surface area contributed by atoms with Crippen LogP contribution in [-0.4, -0.2) is 31.1 Å². The van der Waals surface area contributed by atoms with Crippen LogP contribution in [0, 0.1) is 13.8 Å². The maximum absolute atomic E-state index is 12.7. The van der Waals surface area contributed by atoms with E-state index in [9.17, 15) is 26.4 Å². The van der Waals surface area contributed by atoms with Crippen LogP contribution in [0.25, 0.3) is 0 Å². The van der Waals surface area contributed by atoms with Gasteiger partial charge < -0.3 is 9.88 Å². The van der Waals surface area contributed by atoms with Crippen molar-refractivity contribution in [1.29, 1.82) is 0 Å². The van der Waals surface area contributed by atoms with Gasteiger partial charge in [0.1, 0.15) is 6.54 Å². The van der Waals surface area contributed by atoms with E-state index in [1.807, 2.05) is 0 Å². The molecule has 10 heteroatoms. The quantitative estimate of drug-likeness (QED) is 0.759. The molecule has 0 saturated heterocycles. The van der Waals surface area contributed by atoms with Gasteiger partial charge in [0.2, 0.25) is 10.0 Å². The number of hydrogen-bond donors (Lipinski definition) is 2. The van der Waals surface area contributed by atoms with Crippen LogP contribution < -0.4 is 10.0 Å². The predicted molar refractivity (Wildman–Crippen MR) is 97.7 cm³/mol. The molecule has 28 heavy (non-hydrogen) atoms. The minimum atomic E-state index is -4.40. The summed E-state index contributed by atoms with van der Waals surface area (Å²) in [6.45, 7) is 1.75. The molecule has 0 unspecified atom stereocenters. The number of hydrogen-bond acceptors (Lipinski definition) is 3. The first-order valence-electron chi connectivity index (χ1n) is 8.63. The Morgan fingerprint density at radius 3 is 2.50 bits per heavy atom. The van der Waals surface area contributed by atoms with E-state index in [0.717, 1.165) is 17.4 Å². The first-order valence-corrected chi connectivity index (χ1v) is 10.1. The molecule has 1 heterocycles. The summed E-state index contributed by atoms with van der Waals surface area (Å²) in [5.41, 5.74) is 0.840. The summed E-state index contributed by atoms with van der Waals surface area (Å²) >= 11 is 0. The SMILES string of the molecule is Cc1cc(C(=O)Nc2cccc(S(=O)(=O)NC3CC3)c2)c(C)n1CC(F)(F)F. The van der Waals surface area contributed by atoms with Crippen molar-refractivity contribution in [3.8, 4) is 0 Å². The van der Waals surface area contributed by atoms with Crippen LogP contribution in [0.5, 0.6) is 0 Å². The third-order valence-electron chi connectivity index (χ3n) is 4.46. The van der Waals surface area contributed by atoms with Gasteiger partial charge in [-0.15, -0.1) is 0 Å². The van der Waals surface area contributed by atoms with Gasteiger partial charge >= 0.3 is 6.18 Å². The zero-order valence-electron chi connectivity index (χ0n) is 15.3. The number of sulfonamides is 1. The Bertz CT molecular complexity index is 1010. The first kappa shape index (κ1) is 20.4. The van der Waals surface area contributed by atoms with Crippen molar-refractivity contribution in [2.45, 2.75) is 50.3 Å². The number of nitrogens with one attached hydrogen (secondary N) is 2. The summed E-state index contributed by atoms with van der Waals surface area (Å²) in [6.07, 6.45) is -2.81. The molecule has 2 N–H and O–H groups in total. The molecule has 6 nitrogen and oxygen atoms in total. The topological polar surface area (TPSA) is 80.2 Å². The molecule has 0 atom stereocenters. The van der Waals surface area contributed by atoms with E-state index in [1.54, 1.807) is 0 Å². The Hall–Kier alpha value is -2.33. The van der Waals surface area contributed by atoms with E-state index < -0.39 is 28.7 Å². The molecule has 0 aliphatic heterocycles. The Balaban J connectivity index is 1.80. The zero-order valence-corrected chi connectivity index (χ0v) is 16.1. The van der Waals surface area contributed by atoms with E-state index >= 15 is 0 Å². The molecular formula is C18H20F3N3O3S. The molecule has 1 saturated carbocycles. The lowest BCUT2D eigenvalue weighted by Gasteiger charge is -2.12. The molecular weight excluding hydrogens is 395 g/mol. The largest absolute Gasteiger partial charge is 0.406 e. The lowest BCUT2D eigenvalue weighted by Crippen LogP contribution is -2.25. The molecule has 152 valence electrons. The number of amides is 1. The molecule has 1 aliphatic carbocycles. The number of carbonyl (C=O) groups excluding carboxylic acids is 1. The molecule has 1 amide bonds. The summed E-state index contributed by atoms with van der Waals surface area (Å²) in [6, 6.07) is 7.06. The number of nitrogens with zero attached hydrogens (tertiary/aromatic N) is 1. The van der Waals surface area contributed by atoms with Crippen molar-refractivity contribution in [2.75, 3.05) is 5.32 Å². The van der Waals surface area contributed by atoms with Gasteiger partial charge in [-0.2, -0.15) is 13.2 Å². The summed E-state index contributed by atoms with van der Waals surface area (Å²) in [4.78, 5) is 12.6. The van der Waals surface area contributed by atoms with Crippen molar-refractivity contribution >= 4 is 21.6 Å². The number of benzene rings is 1. The Labute approximate surface area is 160 Å². The van der Waals surface area contributed by atoms with Gasteiger partial charge in [-0.3, -0.25) is 4.79 Å². The van der Waals surface area contributed by atoms with E-state index in [2.05, 4.69) is 10.0 Å². The Kier molecular flexibility index (Phi) is 5.28. The highest BCUT2D eigenvalue weighted by molar-refractivity contribution is 7.89. The Morgan fingerprint density at radius 2 is 1.89 bits per heavy atom. The first-order chi connectivity index (χ1) is 13.0. The molecule has 1 aliphatic rings. The average Bonchev–Trinajstić information content (AvgIpc) is 3.34. The monoisotopic (exact) mass is 415 g/mol. The summed E-state index contributed by atoms with van der Waals surface area (Å²) in [5.74, 6) is -0.605. The zero-order chi connectivity index (χ0) is 20.7. The number of anilines is 1. The van der Waals surface area contributed by atoms with Crippen LogP contribution in [0.15, 0.2) is 35.2 Å². The highest BCUT2D eigenvalue weighted by atomic mass is 32.2. The van der Waals surface area contributed by atoms with Crippen LogP contribution in [0.4, 0.5) is 18.9 Å². The van der Waals surface area contributed by atoms with E-state index in [4.69, 9.17) is 0 Å². The number of halogens is 3. The molecule has 3 rings (SSSR count). The summed E-state index contributed by atoms with van der Waals surface area (Å²) in [5, 5.41) is 2.56. The lowest BCUT2D eigenvalue weighted by molar-refractivity contribution is -0.141. The highest BCUT2D eigenvalue weighted by Gasteiger charge is 2.31. The fourth-order valence-electron chi connectivity index (χ4n) is 2.88. The van der Waals surface area contributed by atoms with Gasteiger partial charge in [0.25, 0.3) is 5.91 Å². The van der Waals surface area contributed by atoms with E-state index in [0.29, 0.717) is 5.69 Å². The van der Waals surface area contributed by atoms with Crippen molar-refractivity contribution in [3.63, 3.8) is 0 Å². The van der Waals surface area contributed by atoms with Crippen molar-refractivity contribution in [3.05, 3.63) is 47.3 Å². The fraction of sp³-hybridized carbons (Fsp3) is 0.389. The van der Waals surface area contributed by atoms with Crippen LogP contribution in [-0.2, 0) is 16.6 Å². The molecule has 0 spiro atoms. The van der Waals surface area contributed by atoms with Gasteiger partial charge in [-0.1, -0.05) is 6.07 Å². The van der Waals surface area contributed by atoms with Crippen molar-refractivity contribution in [2.24, 2.45) is 0 Å². The molecule has 1 fully saturated rings. The van der Waals surface area contributed by atoms with Crippen LogP contribution >= 0.6 is 0 Å². The van der Waals surface area contributed by atoms with Gasteiger partial charge in [0.05, 0.1) is 10.5 Å². The standard InChI is InChI=1S/C18H20F3N3O3S/c1-11-8-16(12(2)24(11)10-18(19,20)21)17(25)22-14-4-3-5-15(9-14)28(26,27)23-13-6-7-13/h3-5,8-9,13,23H,6-7,10H2,1-2H3,(H,22,25). The second-order valence-corrected chi connectivity index (χ2v) is 8.58. The molecule has 1 aromatic heterocycles. The Morgan fingerprint density at radius 1 is 1.21 bits per heavy atom. The second kappa shape index (κ2) is 7.25. The van der Waals surface area contributed by atoms with Crippen LogP contribution in [0.3, 0.4) is 0 Å². The number of rotatable bonds is 6. The normalized spacial score (nSPS) is 14.9. The van der Waals surface area contributed by atoms with Gasteiger partial charge in [0.15, 0.2) is 0 Å². The molecule has 2 aromatic rings. The minimum Gasteiger partial charge on any atom is -0.339 e. The van der Waals surface area contributed by atoms with Crippen molar-refractivity contribution in [1.82, 2.24) is 9.29 Å². The number of carbonyl (C=O) groups is 1.